The lowest BCUT2D eigenvalue weighted by Gasteiger charge is -2.17. The van der Waals surface area contributed by atoms with Crippen LogP contribution in [0.1, 0.15) is 12.5 Å². The molecule has 0 radical (unpaired) electrons. The fraction of sp³-hybridized carbons (Fsp3) is 0.500. The van der Waals surface area contributed by atoms with E-state index < -0.39 is 10.0 Å². The highest BCUT2D eigenvalue weighted by atomic mass is 35.5. The van der Waals surface area contributed by atoms with E-state index in [1.54, 1.807) is 12.1 Å². The molecule has 0 aromatic heterocycles. The second kappa shape index (κ2) is 7.21. The minimum atomic E-state index is -3.73. The third-order valence-electron chi connectivity index (χ3n) is 2.53. The molecule has 5 nitrogen and oxygen atoms in total. The molecule has 0 atom stereocenters. The number of likely N-dealkylation sites (N-methyl/N-ethyl adjacent to an activating group) is 1. The third kappa shape index (κ3) is 5.88. The zero-order chi connectivity index (χ0) is 14.5. The van der Waals surface area contributed by atoms with Crippen molar-refractivity contribution in [3.8, 4) is 0 Å². The Bertz CT molecular complexity index is 520. The van der Waals surface area contributed by atoms with Crippen LogP contribution in [0, 0.1) is 0 Å². The number of ether oxygens (including phenoxy) is 1. The van der Waals surface area contributed by atoms with Gasteiger partial charge < -0.3 is 4.74 Å². The summed E-state index contributed by atoms with van der Waals surface area (Å²) in [7, 11) is -1.81. The smallest absolute Gasteiger partial charge is 0.238 e. The second-order valence-electron chi connectivity index (χ2n) is 4.27. The summed E-state index contributed by atoms with van der Waals surface area (Å²) in [5.41, 5.74) is 0.801. The lowest BCUT2D eigenvalue weighted by molar-refractivity contribution is 0.120. The van der Waals surface area contributed by atoms with Crippen LogP contribution in [0.15, 0.2) is 23.1 Å². The molecule has 0 aliphatic heterocycles. The number of nitrogens with zero attached hydrogens (tertiary/aromatic N) is 1. The number of primary sulfonamides is 1. The van der Waals surface area contributed by atoms with E-state index in [1.807, 2.05) is 18.9 Å². The number of hydrogen-bond donors (Lipinski definition) is 1. The van der Waals surface area contributed by atoms with Gasteiger partial charge >= 0.3 is 0 Å². The summed E-state index contributed by atoms with van der Waals surface area (Å²) in [6, 6.07) is 4.62. The first kappa shape index (κ1) is 16.4. The zero-order valence-electron chi connectivity index (χ0n) is 11.1. The van der Waals surface area contributed by atoms with Crippen LogP contribution in [0.4, 0.5) is 0 Å². The molecular weight excluding hydrogens is 288 g/mol. The molecule has 0 spiro atoms. The third-order valence-corrected chi connectivity index (χ3v) is 3.64. The van der Waals surface area contributed by atoms with E-state index in [-0.39, 0.29) is 4.90 Å². The lowest BCUT2D eigenvalue weighted by atomic mass is 10.2. The van der Waals surface area contributed by atoms with Crippen molar-refractivity contribution in [2.24, 2.45) is 5.14 Å². The van der Waals surface area contributed by atoms with Crippen molar-refractivity contribution >= 4 is 21.6 Å². The van der Waals surface area contributed by atoms with Gasteiger partial charge in [0, 0.05) is 24.7 Å². The maximum atomic E-state index is 11.3. The van der Waals surface area contributed by atoms with Crippen LogP contribution in [0.3, 0.4) is 0 Å². The molecule has 1 aromatic rings. The van der Waals surface area contributed by atoms with Crippen molar-refractivity contribution in [1.29, 1.82) is 0 Å². The van der Waals surface area contributed by atoms with Crippen molar-refractivity contribution in [3.63, 3.8) is 0 Å². The summed E-state index contributed by atoms with van der Waals surface area (Å²) in [4.78, 5) is 2.06. The van der Waals surface area contributed by atoms with E-state index >= 15 is 0 Å². The molecule has 0 aliphatic rings. The Kier molecular flexibility index (Phi) is 6.22. The summed E-state index contributed by atoms with van der Waals surface area (Å²) < 4.78 is 27.9. The van der Waals surface area contributed by atoms with Crippen molar-refractivity contribution in [1.82, 2.24) is 4.90 Å². The van der Waals surface area contributed by atoms with E-state index in [0.29, 0.717) is 24.8 Å². The van der Waals surface area contributed by atoms with Crippen LogP contribution < -0.4 is 5.14 Å². The molecule has 19 heavy (non-hydrogen) atoms. The highest BCUT2D eigenvalue weighted by Gasteiger charge is 2.11. The Labute approximate surface area is 119 Å². The molecular formula is C12H19ClN2O3S. The van der Waals surface area contributed by atoms with E-state index in [2.05, 4.69) is 0 Å². The van der Waals surface area contributed by atoms with Gasteiger partial charge in [-0.1, -0.05) is 11.6 Å². The average molecular weight is 307 g/mol. The van der Waals surface area contributed by atoms with Gasteiger partial charge in [-0.15, -0.1) is 0 Å². The predicted octanol–water partition coefficient (Wildman–Crippen LogP) is 1.46. The number of rotatable bonds is 7. The number of nitrogens with two attached hydrogens (primary N) is 1. The lowest BCUT2D eigenvalue weighted by Crippen LogP contribution is -2.23. The van der Waals surface area contributed by atoms with Crippen LogP contribution in [0.2, 0.25) is 5.02 Å². The van der Waals surface area contributed by atoms with Crippen molar-refractivity contribution < 1.29 is 13.2 Å². The van der Waals surface area contributed by atoms with E-state index in [0.717, 1.165) is 12.1 Å². The SMILES string of the molecule is CCOCCN(C)Cc1cc(Cl)cc(S(N)(=O)=O)c1. The number of sulfonamides is 1. The predicted molar refractivity (Wildman–Crippen MR) is 75.7 cm³/mol. The molecule has 0 aliphatic carbocycles. The Morgan fingerprint density at radius 1 is 1.37 bits per heavy atom. The molecule has 0 heterocycles. The molecule has 1 aromatic carbocycles. The first-order chi connectivity index (χ1) is 8.82. The maximum Gasteiger partial charge on any atom is 0.238 e. The van der Waals surface area contributed by atoms with Crippen LogP contribution in [0.5, 0.6) is 0 Å². The average Bonchev–Trinajstić information content (AvgIpc) is 2.27. The van der Waals surface area contributed by atoms with Gasteiger partial charge in [-0.3, -0.25) is 4.90 Å². The van der Waals surface area contributed by atoms with Crippen LogP contribution in [-0.2, 0) is 21.3 Å². The summed E-state index contributed by atoms with van der Waals surface area (Å²) in [5.74, 6) is 0. The monoisotopic (exact) mass is 306 g/mol. The van der Waals surface area contributed by atoms with Crippen molar-refractivity contribution in [2.75, 3.05) is 26.8 Å². The number of hydrogen-bond acceptors (Lipinski definition) is 4. The van der Waals surface area contributed by atoms with Gasteiger partial charge in [0.15, 0.2) is 0 Å². The van der Waals surface area contributed by atoms with Crippen LogP contribution >= 0.6 is 11.6 Å². The maximum absolute atomic E-state index is 11.3. The van der Waals surface area contributed by atoms with E-state index in [1.165, 1.54) is 6.07 Å². The molecule has 0 fully saturated rings. The topological polar surface area (TPSA) is 72.6 Å². The molecule has 108 valence electrons. The molecule has 7 heteroatoms. The quantitative estimate of drug-likeness (QED) is 0.774. The van der Waals surface area contributed by atoms with Gasteiger partial charge in [-0.2, -0.15) is 0 Å². The molecule has 0 saturated heterocycles. The Balaban J connectivity index is 2.76. The number of benzene rings is 1. The summed E-state index contributed by atoms with van der Waals surface area (Å²) in [6.07, 6.45) is 0. The Morgan fingerprint density at radius 2 is 2.05 bits per heavy atom. The second-order valence-corrected chi connectivity index (χ2v) is 6.27. The van der Waals surface area contributed by atoms with Crippen molar-refractivity contribution in [2.45, 2.75) is 18.4 Å². The highest BCUT2D eigenvalue weighted by molar-refractivity contribution is 7.89. The number of halogens is 1. The van der Waals surface area contributed by atoms with Gasteiger partial charge in [0.2, 0.25) is 10.0 Å². The molecule has 0 unspecified atom stereocenters. The van der Waals surface area contributed by atoms with E-state index in [4.69, 9.17) is 21.5 Å². The largest absolute Gasteiger partial charge is 0.380 e. The summed E-state index contributed by atoms with van der Waals surface area (Å²) in [5, 5.41) is 5.46. The fourth-order valence-corrected chi connectivity index (χ4v) is 2.56. The highest BCUT2D eigenvalue weighted by Crippen LogP contribution is 2.19. The molecule has 0 saturated carbocycles. The minimum Gasteiger partial charge on any atom is -0.380 e. The normalized spacial score (nSPS) is 12.1. The molecule has 0 bridgehead atoms. The van der Waals surface area contributed by atoms with Gasteiger partial charge in [0.05, 0.1) is 11.5 Å². The Morgan fingerprint density at radius 3 is 2.63 bits per heavy atom. The summed E-state index contributed by atoms with van der Waals surface area (Å²) in [6.45, 7) is 4.59. The van der Waals surface area contributed by atoms with Gasteiger partial charge in [0.1, 0.15) is 0 Å². The van der Waals surface area contributed by atoms with Crippen molar-refractivity contribution in [3.05, 3.63) is 28.8 Å². The molecule has 0 amide bonds. The first-order valence-electron chi connectivity index (χ1n) is 5.91. The van der Waals surface area contributed by atoms with Crippen LogP contribution in [0.25, 0.3) is 0 Å². The minimum absolute atomic E-state index is 0.0354. The van der Waals surface area contributed by atoms with Crippen LogP contribution in [-0.4, -0.2) is 40.1 Å². The first-order valence-corrected chi connectivity index (χ1v) is 7.84. The van der Waals surface area contributed by atoms with E-state index in [9.17, 15) is 8.42 Å². The Hall–Kier alpha value is -0.660. The van der Waals surface area contributed by atoms with Gasteiger partial charge in [-0.05, 0) is 37.7 Å². The van der Waals surface area contributed by atoms with Gasteiger partial charge in [0.25, 0.3) is 0 Å². The zero-order valence-corrected chi connectivity index (χ0v) is 12.7. The van der Waals surface area contributed by atoms with Gasteiger partial charge in [-0.25, -0.2) is 13.6 Å². The molecule has 2 N–H and O–H groups in total. The fourth-order valence-electron chi connectivity index (χ4n) is 1.63. The molecule has 1 rings (SSSR count). The standard InChI is InChI=1S/C12H19ClN2O3S/c1-3-18-5-4-15(2)9-10-6-11(13)8-12(7-10)19(14,16)17/h6-8H,3-5,9H2,1-2H3,(H2,14,16,17). The summed E-state index contributed by atoms with van der Waals surface area (Å²) >= 11 is 5.90.